The number of alkyl halides is 6. The van der Waals surface area contributed by atoms with E-state index in [-0.39, 0.29) is 47.3 Å². The molecule has 2 aliphatic heterocycles. The molecule has 2 aliphatic rings. The van der Waals surface area contributed by atoms with Gasteiger partial charge in [0.1, 0.15) is 11.6 Å². The molecule has 16 heteroatoms. The summed E-state index contributed by atoms with van der Waals surface area (Å²) in [5, 5.41) is 9.28. The zero-order chi connectivity index (χ0) is 37.4. The van der Waals surface area contributed by atoms with E-state index in [0.717, 1.165) is 36.4 Å². The fourth-order valence-electron chi connectivity index (χ4n) is 6.67. The number of hydrogen-bond acceptors (Lipinski definition) is 5. The quantitative estimate of drug-likeness (QED) is 0.235. The van der Waals surface area contributed by atoms with Crippen molar-refractivity contribution in [3.8, 4) is 6.07 Å². The van der Waals surface area contributed by atoms with Gasteiger partial charge in [-0.25, -0.2) is 8.78 Å². The molecule has 2 heterocycles. The summed E-state index contributed by atoms with van der Waals surface area (Å²) in [6.45, 7) is 0.552. The number of benzene rings is 3. The number of nitriles is 1. The van der Waals surface area contributed by atoms with Gasteiger partial charge in [-0.3, -0.25) is 13.8 Å². The number of piperidine rings is 1. The minimum atomic E-state index is -6.10. The number of rotatable bonds is 8. The van der Waals surface area contributed by atoms with Crippen molar-refractivity contribution in [1.82, 2.24) is 9.80 Å². The van der Waals surface area contributed by atoms with Crippen LogP contribution in [0.1, 0.15) is 48.4 Å². The molecule has 7 nitrogen and oxygen atoms in total. The van der Waals surface area contributed by atoms with Crippen molar-refractivity contribution >= 4 is 22.6 Å². The largest absolute Gasteiger partial charge is 0.430 e. The standard InChI is InChI=1S/C35H31F8N3O4S/c1-22(47)45-15-12-23(13-16-45)31(48)46-17-14-32(21-46,51(49)30-10-8-28(36)9-11-30)26-3-5-27(6-4-26)33(34(38,39)40,35(41,42)43)50-20-25-18-29(37)7-2-24(25)19-44/h2-11,18,23H,12-17,20-21H2,1H3/t32-,51?/m0/s1. The van der Waals surface area contributed by atoms with Gasteiger partial charge < -0.3 is 14.5 Å². The van der Waals surface area contributed by atoms with Crippen LogP contribution in [0.3, 0.4) is 0 Å². The first-order valence-electron chi connectivity index (χ1n) is 15.7. The molecule has 2 atom stereocenters. The molecular formula is C35H31F8N3O4S. The van der Waals surface area contributed by atoms with Crippen LogP contribution in [0.2, 0.25) is 0 Å². The number of nitrogens with zero attached hydrogens (tertiary/aromatic N) is 3. The minimum absolute atomic E-state index is 0.00502. The van der Waals surface area contributed by atoms with Gasteiger partial charge in [-0.1, -0.05) is 24.3 Å². The molecule has 3 aromatic carbocycles. The number of hydrogen-bond donors (Lipinski definition) is 0. The Morgan fingerprint density at radius 1 is 0.882 bits per heavy atom. The van der Waals surface area contributed by atoms with Crippen molar-refractivity contribution in [3.05, 3.63) is 101 Å². The normalized spacial score (nSPS) is 19.5. The second kappa shape index (κ2) is 14.3. The van der Waals surface area contributed by atoms with Crippen molar-refractivity contribution in [2.75, 3.05) is 26.2 Å². The van der Waals surface area contributed by atoms with E-state index < -0.39 is 68.8 Å². The van der Waals surface area contributed by atoms with Crippen LogP contribution in [-0.2, 0) is 42.1 Å². The lowest BCUT2D eigenvalue weighted by Crippen LogP contribution is -2.55. The number of likely N-dealkylation sites (tertiary alicyclic amines) is 2. The molecular weight excluding hydrogens is 710 g/mol. The Morgan fingerprint density at radius 2 is 1.47 bits per heavy atom. The van der Waals surface area contributed by atoms with E-state index in [0.29, 0.717) is 44.1 Å². The van der Waals surface area contributed by atoms with Gasteiger partial charge >= 0.3 is 12.4 Å². The van der Waals surface area contributed by atoms with Crippen LogP contribution in [0.25, 0.3) is 0 Å². The molecule has 0 aliphatic carbocycles. The average molecular weight is 742 g/mol. The van der Waals surface area contributed by atoms with Gasteiger partial charge in [-0.05, 0) is 72.9 Å². The Hall–Kier alpha value is -4.36. The van der Waals surface area contributed by atoms with Gasteiger partial charge in [0.05, 0.1) is 33.8 Å². The maximum absolute atomic E-state index is 14.6. The molecule has 272 valence electrons. The molecule has 3 aromatic rings. The number of amides is 2. The van der Waals surface area contributed by atoms with Crippen LogP contribution in [0, 0.1) is 28.9 Å². The predicted molar refractivity (Wildman–Crippen MR) is 167 cm³/mol. The van der Waals surface area contributed by atoms with Crippen molar-refractivity contribution in [2.45, 2.75) is 60.4 Å². The van der Waals surface area contributed by atoms with Crippen molar-refractivity contribution < 1.29 is 53.7 Å². The number of carbonyl (C=O) groups excluding carboxylic acids is 2. The predicted octanol–water partition coefficient (Wildman–Crippen LogP) is 6.87. The zero-order valence-corrected chi connectivity index (χ0v) is 27.8. The summed E-state index contributed by atoms with van der Waals surface area (Å²) >= 11 is 0. The Bertz CT molecular complexity index is 1820. The third-order valence-electron chi connectivity index (χ3n) is 9.46. The second-order valence-electron chi connectivity index (χ2n) is 12.5. The van der Waals surface area contributed by atoms with Crippen LogP contribution < -0.4 is 0 Å². The lowest BCUT2D eigenvalue weighted by Gasteiger charge is -2.38. The van der Waals surface area contributed by atoms with E-state index in [9.17, 15) is 54.2 Å². The first-order chi connectivity index (χ1) is 23.9. The summed E-state index contributed by atoms with van der Waals surface area (Å²) in [5.74, 6) is -2.53. The summed E-state index contributed by atoms with van der Waals surface area (Å²) in [6.07, 6.45) is -11.4. The number of ether oxygens (including phenoxy) is 1. The molecule has 0 spiro atoms. The summed E-state index contributed by atoms with van der Waals surface area (Å²) in [5.41, 5.74) is -7.17. The Kier molecular flexibility index (Phi) is 10.7. The summed E-state index contributed by atoms with van der Waals surface area (Å²) in [6, 6.07) is 11.6. The number of halogens is 8. The molecule has 2 amide bonds. The van der Waals surface area contributed by atoms with Crippen LogP contribution in [-0.4, -0.2) is 64.4 Å². The molecule has 0 aromatic heterocycles. The van der Waals surface area contributed by atoms with Crippen molar-refractivity contribution in [3.63, 3.8) is 0 Å². The fraction of sp³-hybridized carbons (Fsp3) is 0.400. The van der Waals surface area contributed by atoms with Crippen LogP contribution in [0.4, 0.5) is 35.1 Å². The van der Waals surface area contributed by atoms with E-state index in [1.54, 1.807) is 11.0 Å². The smallest absolute Gasteiger partial charge is 0.349 e. The van der Waals surface area contributed by atoms with E-state index in [1.807, 2.05) is 0 Å². The summed E-state index contributed by atoms with van der Waals surface area (Å²) < 4.78 is 133. The Morgan fingerprint density at radius 3 is 2.02 bits per heavy atom. The first-order valence-corrected chi connectivity index (χ1v) is 16.9. The molecule has 1 unspecified atom stereocenters. The highest BCUT2D eigenvalue weighted by atomic mass is 32.2. The van der Waals surface area contributed by atoms with E-state index >= 15 is 0 Å². The van der Waals surface area contributed by atoms with Gasteiger partial charge in [0.15, 0.2) is 0 Å². The lowest BCUT2D eigenvalue weighted by atomic mass is 9.88. The monoisotopic (exact) mass is 741 g/mol. The maximum atomic E-state index is 14.6. The van der Waals surface area contributed by atoms with Crippen LogP contribution in [0.15, 0.2) is 71.6 Å². The van der Waals surface area contributed by atoms with Gasteiger partial charge in [0.25, 0.3) is 5.60 Å². The zero-order valence-electron chi connectivity index (χ0n) is 27.0. The second-order valence-corrected chi connectivity index (χ2v) is 14.3. The molecule has 0 bridgehead atoms. The molecule has 5 rings (SSSR count). The molecule has 2 fully saturated rings. The maximum Gasteiger partial charge on any atom is 0.430 e. The highest BCUT2D eigenvalue weighted by Gasteiger charge is 2.73. The fourth-order valence-corrected chi connectivity index (χ4v) is 8.40. The van der Waals surface area contributed by atoms with E-state index in [1.165, 1.54) is 24.0 Å². The molecule has 51 heavy (non-hydrogen) atoms. The minimum Gasteiger partial charge on any atom is -0.349 e. The van der Waals surface area contributed by atoms with Crippen LogP contribution >= 0.6 is 0 Å². The lowest BCUT2D eigenvalue weighted by molar-refractivity contribution is -0.392. The average Bonchev–Trinajstić information content (AvgIpc) is 3.54. The van der Waals surface area contributed by atoms with Crippen molar-refractivity contribution in [2.24, 2.45) is 5.92 Å². The van der Waals surface area contributed by atoms with Gasteiger partial charge in [0, 0.05) is 49.5 Å². The number of carbonyl (C=O) groups is 2. The van der Waals surface area contributed by atoms with E-state index in [4.69, 9.17) is 0 Å². The molecule has 0 radical (unpaired) electrons. The Balaban J connectivity index is 1.53. The Labute approximate surface area is 290 Å². The first kappa shape index (κ1) is 37.9. The molecule has 0 saturated carbocycles. The summed E-state index contributed by atoms with van der Waals surface area (Å²) in [7, 11) is -2.08. The summed E-state index contributed by atoms with van der Waals surface area (Å²) in [4.78, 5) is 28.6. The topological polar surface area (TPSA) is 90.7 Å². The molecule has 2 saturated heterocycles. The third-order valence-corrected chi connectivity index (χ3v) is 11.4. The van der Waals surface area contributed by atoms with Crippen LogP contribution in [0.5, 0.6) is 0 Å². The molecule has 0 N–H and O–H groups in total. The highest BCUT2D eigenvalue weighted by Crippen LogP contribution is 2.54. The van der Waals surface area contributed by atoms with Gasteiger partial charge in [0.2, 0.25) is 11.8 Å². The highest BCUT2D eigenvalue weighted by molar-refractivity contribution is 7.86. The third kappa shape index (κ3) is 7.23. The van der Waals surface area contributed by atoms with Gasteiger partial charge in [-0.15, -0.1) is 0 Å². The van der Waals surface area contributed by atoms with Crippen molar-refractivity contribution in [1.29, 1.82) is 5.26 Å². The van der Waals surface area contributed by atoms with E-state index in [2.05, 4.69) is 4.74 Å². The van der Waals surface area contributed by atoms with Gasteiger partial charge in [-0.2, -0.15) is 31.6 Å². The SMILES string of the molecule is CC(=O)N1CCC(C(=O)N2CC[C@](c3ccc(C(OCc4cc(F)ccc4C#N)(C(F)(F)F)C(F)(F)F)cc3)(S(=O)c3ccc(F)cc3)C2)CC1.